The Balaban J connectivity index is 1.47. The van der Waals surface area contributed by atoms with Crippen LogP contribution < -0.4 is 25.1 Å². The Morgan fingerprint density at radius 2 is 1.49 bits per heavy atom. The van der Waals surface area contributed by atoms with Crippen molar-refractivity contribution in [2.24, 2.45) is 5.10 Å². The Labute approximate surface area is 239 Å². The lowest BCUT2D eigenvalue weighted by Gasteiger charge is -2.13. The first-order chi connectivity index (χ1) is 19.9. The van der Waals surface area contributed by atoms with Gasteiger partial charge in [0.25, 0.3) is 11.8 Å². The molecule has 4 aromatic rings. The molecule has 4 rings (SSSR count). The van der Waals surface area contributed by atoms with Gasteiger partial charge in [-0.2, -0.15) is 5.10 Å². The van der Waals surface area contributed by atoms with Crippen molar-refractivity contribution in [2.75, 3.05) is 26.1 Å². The fourth-order valence-corrected chi connectivity index (χ4v) is 3.82. The predicted molar refractivity (Wildman–Crippen MR) is 162 cm³/mol. The van der Waals surface area contributed by atoms with Crippen molar-refractivity contribution in [3.8, 4) is 11.5 Å². The average Bonchev–Trinajstić information content (AvgIpc) is 3.01. The molecule has 41 heavy (non-hydrogen) atoms. The molecule has 0 atom stereocenters. The SMILES string of the molecule is COc1cc(C=NNC(=O)C(=Cc2ccc(N(C)C)cc2)NC(=O)c2ccccc2)ccc1OCc1ccccc1. The highest BCUT2D eigenvalue weighted by Gasteiger charge is 2.14. The summed E-state index contributed by atoms with van der Waals surface area (Å²) >= 11 is 0. The van der Waals surface area contributed by atoms with Gasteiger partial charge < -0.3 is 19.7 Å². The lowest BCUT2D eigenvalue weighted by Crippen LogP contribution is -2.32. The van der Waals surface area contributed by atoms with Gasteiger partial charge >= 0.3 is 0 Å². The molecule has 0 aliphatic carbocycles. The molecule has 8 nitrogen and oxygen atoms in total. The Hall–Kier alpha value is -5.37. The van der Waals surface area contributed by atoms with Crippen LogP contribution in [0.4, 0.5) is 5.69 Å². The van der Waals surface area contributed by atoms with Gasteiger partial charge in [0.05, 0.1) is 13.3 Å². The zero-order valence-corrected chi connectivity index (χ0v) is 23.2. The molecule has 0 spiro atoms. The van der Waals surface area contributed by atoms with Crippen LogP contribution in [-0.4, -0.2) is 39.2 Å². The molecule has 0 unspecified atom stereocenters. The quantitative estimate of drug-likeness (QED) is 0.152. The highest BCUT2D eigenvalue weighted by molar-refractivity contribution is 6.05. The van der Waals surface area contributed by atoms with Crippen molar-refractivity contribution in [1.29, 1.82) is 0 Å². The number of carbonyl (C=O) groups excluding carboxylic acids is 2. The second kappa shape index (κ2) is 14.1. The third kappa shape index (κ3) is 8.31. The minimum atomic E-state index is -0.572. The van der Waals surface area contributed by atoms with Gasteiger partial charge in [-0.1, -0.05) is 60.7 Å². The number of hydrogen-bond donors (Lipinski definition) is 2. The van der Waals surface area contributed by atoms with Crippen LogP contribution >= 0.6 is 0 Å². The van der Waals surface area contributed by atoms with Gasteiger partial charge in [0.15, 0.2) is 11.5 Å². The highest BCUT2D eigenvalue weighted by Crippen LogP contribution is 2.28. The summed E-state index contributed by atoms with van der Waals surface area (Å²) in [5.41, 5.74) is 6.47. The molecular weight excluding hydrogens is 516 g/mol. The van der Waals surface area contributed by atoms with Crippen molar-refractivity contribution >= 4 is 29.8 Å². The molecule has 2 N–H and O–H groups in total. The number of hydrogen-bond acceptors (Lipinski definition) is 6. The van der Waals surface area contributed by atoms with Gasteiger partial charge in [-0.25, -0.2) is 5.43 Å². The van der Waals surface area contributed by atoms with Gasteiger partial charge in [0.2, 0.25) is 0 Å². The number of nitrogens with one attached hydrogen (secondary N) is 2. The van der Waals surface area contributed by atoms with Crippen molar-refractivity contribution in [3.63, 3.8) is 0 Å². The molecule has 0 aliphatic heterocycles. The lowest BCUT2D eigenvalue weighted by atomic mass is 10.1. The Bertz CT molecular complexity index is 1520. The number of anilines is 1. The zero-order chi connectivity index (χ0) is 29.0. The summed E-state index contributed by atoms with van der Waals surface area (Å²) in [5.74, 6) is 0.147. The minimum absolute atomic E-state index is 0.0517. The summed E-state index contributed by atoms with van der Waals surface area (Å²) in [7, 11) is 5.45. The molecule has 0 aromatic heterocycles. The molecule has 0 saturated heterocycles. The molecule has 0 fully saturated rings. The maximum atomic E-state index is 13.1. The molecule has 0 bridgehead atoms. The summed E-state index contributed by atoms with van der Waals surface area (Å²) in [6, 6.07) is 31.5. The van der Waals surface area contributed by atoms with E-state index in [1.807, 2.05) is 79.7 Å². The first-order valence-electron chi connectivity index (χ1n) is 13.0. The molecular formula is C33H32N4O4. The van der Waals surface area contributed by atoms with Crippen LogP contribution in [0.15, 0.2) is 114 Å². The molecule has 0 heterocycles. The van der Waals surface area contributed by atoms with Gasteiger partial charge in [-0.3, -0.25) is 9.59 Å². The largest absolute Gasteiger partial charge is 0.493 e. The number of nitrogens with zero attached hydrogens (tertiary/aromatic N) is 2. The van der Waals surface area contributed by atoms with Gasteiger partial charge in [0.1, 0.15) is 12.3 Å². The number of methoxy groups -OCH3 is 1. The number of carbonyl (C=O) groups is 2. The van der Waals surface area contributed by atoms with Crippen molar-refractivity contribution < 1.29 is 19.1 Å². The number of benzene rings is 4. The number of amides is 2. The van der Waals surface area contributed by atoms with Crippen molar-refractivity contribution in [2.45, 2.75) is 6.61 Å². The van der Waals surface area contributed by atoms with Crippen molar-refractivity contribution in [1.82, 2.24) is 10.7 Å². The van der Waals surface area contributed by atoms with Gasteiger partial charge in [-0.15, -0.1) is 0 Å². The molecule has 0 aliphatic rings. The van der Waals surface area contributed by atoms with Crippen LogP contribution in [0.2, 0.25) is 0 Å². The first kappa shape index (κ1) is 28.6. The van der Waals surface area contributed by atoms with Crippen LogP contribution in [0.3, 0.4) is 0 Å². The van der Waals surface area contributed by atoms with Crippen LogP contribution in [0.25, 0.3) is 6.08 Å². The molecule has 2 amide bonds. The van der Waals surface area contributed by atoms with E-state index in [-0.39, 0.29) is 5.70 Å². The number of rotatable bonds is 11. The molecule has 8 heteroatoms. The van der Waals surface area contributed by atoms with E-state index in [1.165, 1.54) is 6.21 Å². The smallest absolute Gasteiger partial charge is 0.287 e. The first-order valence-corrected chi connectivity index (χ1v) is 13.0. The van der Waals surface area contributed by atoms with Gasteiger partial charge in [0, 0.05) is 25.3 Å². The van der Waals surface area contributed by atoms with Gasteiger partial charge in [-0.05, 0) is 65.2 Å². The second-order valence-corrected chi connectivity index (χ2v) is 9.25. The van der Waals surface area contributed by atoms with E-state index in [0.717, 1.165) is 16.8 Å². The van der Waals surface area contributed by atoms with Crippen LogP contribution in [0.1, 0.15) is 27.0 Å². The Morgan fingerprint density at radius 3 is 2.15 bits per heavy atom. The van der Waals surface area contributed by atoms with Crippen LogP contribution in [0.5, 0.6) is 11.5 Å². The second-order valence-electron chi connectivity index (χ2n) is 9.25. The standard InChI is InChI=1S/C33H32N4O4/c1-37(2)28-17-14-24(15-18-28)20-29(35-32(38)27-12-8-5-9-13-27)33(39)36-34-22-26-16-19-30(31(21-26)40-3)41-23-25-10-6-4-7-11-25/h4-22H,23H2,1-3H3,(H,35,38)(H,36,39). The molecule has 0 radical (unpaired) electrons. The zero-order valence-electron chi connectivity index (χ0n) is 23.2. The molecule has 4 aromatic carbocycles. The average molecular weight is 549 g/mol. The lowest BCUT2D eigenvalue weighted by molar-refractivity contribution is -0.117. The third-order valence-corrected chi connectivity index (χ3v) is 6.05. The van der Waals surface area contributed by atoms with E-state index >= 15 is 0 Å². The topological polar surface area (TPSA) is 92.3 Å². The number of hydrazone groups is 1. The summed E-state index contributed by atoms with van der Waals surface area (Å²) in [6.45, 7) is 0.405. The number of ether oxygens (including phenoxy) is 2. The highest BCUT2D eigenvalue weighted by atomic mass is 16.5. The van der Waals surface area contributed by atoms with E-state index < -0.39 is 11.8 Å². The third-order valence-electron chi connectivity index (χ3n) is 6.05. The molecule has 0 saturated carbocycles. The minimum Gasteiger partial charge on any atom is -0.493 e. The van der Waals surface area contributed by atoms with E-state index in [2.05, 4.69) is 15.8 Å². The van der Waals surface area contributed by atoms with E-state index in [9.17, 15) is 9.59 Å². The summed E-state index contributed by atoms with van der Waals surface area (Å²) in [5, 5.41) is 6.81. The summed E-state index contributed by atoms with van der Waals surface area (Å²) < 4.78 is 11.4. The monoisotopic (exact) mass is 548 g/mol. The fraction of sp³-hybridized carbons (Fsp3) is 0.121. The summed E-state index contributed by atoms with van der Waals surface area (Å²) in [4.78, 5) is 27.9. The van der Waals surface area contributed by atoms with E-state index in [1.54, 1.807) is 55.7 Å². The maximum absolute atomic E-state index is 13.1. The van der Waals surface area contributed by atoms with Crippen molar-refractivity contribution in [3.05, 3.63) is 131 Å². The van der Waals surface area contributed by atoms with E-state index in [4.69, 9.17) is 9.47 Å². The Morgan fingerprint density at radius 1 is 0.829 bits per heavy atom. The van der Waals surface area contributed by atoms with E-state index in [0.29, 0.717) is 29.2 Å². The normalized spacial score (nSPS) is 11.1. The Kier molecular flexibility index (Phi) is 9.87. The molecule has 208 valence electrons. The maximum Gasteiger partial charge on any atom is 0.287 e. The fourth-order valence-electron chi connectivity index (χ4n) is 3.82. The van der Waals surface area contributed by atoms with Crippen LogP contribution in [-0.2, 0) is 11.4 Å². The van der Waals surface area contributed by atoms with Crippen LogP contribution in [0, 0.1) is 0 Å². The predicted octanol–water partition coefficient (Wildman–Crippen LogP) is 5.26. The summed E-state index contributed by atoms with van der Waals surface area (Å²) in [6.07, 6.45) is 3.09.